The number of thioether (sulfide) groups is 1. The Labute approximate surface area is 88.9 Å². The van der Waals surface area contributed by atoms with E-state index in [0.717, 1.165) is 11.2 Å². The van der Waals surface area contributed by atoms with E-state index < -0.39 is 0 Å². The molecule has 1 heteroatoms. The molecular formula is C12H26S. The monoisotopic (exact) mass is 202 g/mol. The van der Waals surface area contributed by atoms with Crippen molar-refractivity contribution in [2.75, 3.05) is 5.75 Å². The molecule has 2 unspecified atom stereocenters. The summed E-state index contributed by atoms with van der Waals surface area (Å²) in [6.07, 6.45) is 7.25. The second kappa shape index (κ2) is 8.93. The molecule has 80 valence electrons. The molecule has 0 amide bonds. The maximum absolute atomic E-state index is 2.42. The summed E-state index contributed by atoms with van der Waals surface area (Å²) in [5.41, 5.74) is 0. The average Bonchev–Trinajstić information content (AvgIpc) is 2.20. The molecule has 1 aliphatic rings. The highest BCUT2D eigenvalue weighted by Gasteiger charge is 2.20. The second-order valence-corrected chi connectivity index (χ2v) is 5.02. The van der Waals surface area contributed by atoms with Crippen LogP contribution in [0.5, 0.6) is 0 Å². The first-order valence-electron chi connectivity index (χ1n) is 5.96. The van der Waals surface area contributed by atoms with Gasteiger partial charge >= 0.3 is 0 Å². The molecule has 0 saturated heterocycles. The number of hydrogen-bond donors (Lipinski definition) is 0. The zero-order chi connectivity index (χ0) is 10.1. The van der Waals surface area contributed by atoms with Crippen molar-refractivity contribution in [3.63, 3.8) is 0 Å². The van der Waals surface area contributed by atoms with Crippen LogP contribution in [0.3, 0.4) is 0 Å². The third-order valence-electron chi connectivity index (χ3n) is 2.57. The highest BCUT2D eigenvalue weighted by atomic mass is 32.2. The second-order valence-electron chi connectivity index (χ2n) is 3.67. The zero-order valence-corrected chi connectivity index (χ0v) is 10.6. The lowest BCUT2D eigenvalue weighted by molar-refractivity contribution is 0.397. The predicted molar refractivity (Wildman–Crippen MR) is 65.5 cm³/mol. The van der Waals surface area contributed by atoms with Gasteiger partial charge in [0.1, 0.15) is 0 Å². The Kier molecular flexibility index (Phi) is 9.17. The Morgan fingerprint density at radius 1 is 1.15 bits per heavy atom. The van der Waals surface area contributed by atoms with Crippen molar-refractivity contribution in [3.8, 4) is 0 Å². The minimum absolute atomic E-state index is 0.986. The van der Waals surface area contributed by atoms with Gasteiger partial charge in [0.05, 0.1) is 0 Å². The molecule has 0 bridgehead atoms. The molecule has 1 aliphatic carbocycles. The van der Waals surface area contributed by atoms with Crippen LogP contribution in [0.25, 0.3) is 0 Å². The van der Waals surface area contributed by atoms with Crippen molar-refractivity contribution < 1.29 is 0 Å². The van der Waals surface area contributed by atoms with Crippen molar-refractivity contribution >= 4 is 11.8 Å². The molecule has 0 aromatic rings. The summed E-state index contributed by atoms with van der Waals surface area (Å²) in [5, 5.41) is 0.990. The normalized spacial score (nSPS) is 27.7. The van der Waals surface area contributed by atoms with Crippen LogP contribution in [-0.4, -0.2) is 11.0 Å². The molecule has 1 saturated carbocycles. The van der Waals surface area contributed by atoms with Crippen LogP contribution in [0.1, 0.15) is 59.8 Å². The molecule has 0 radical (unpaired) electrons. The Hall–Kier alpha value is 0.350. The Balaban J connectivity index is 0.000000671. The summed E-state index contributed by atoms with van der Waals surface area (Å²) < 4.78 is 0. The summed E-state index contributed by atoms with van der Waals surface area (Å²) in [6, 6.07) is 0. The molecule has 0 aromatic carbocycles. The Morgan fingerprint density at radius 3 is 2.31 bits per heavy atom. The maximum atomic E-state index is 2.42. The summed E-state index contributed by atoms with van der Waals surface area (Å²) in [4.78, 5) is 0. The van der Waals surface area contributed by atoms with Gasteiger partial charge in [0.15, 0.2) is 0 Å². The molecule has 0 nitrogen and oxygen atoms in total. The van der Waals surface area contributed by atoms with Crippen LogP contribution in [0, 0.1) is 5.92 Å². The minimum atomic E-state index is 0.986. The van der Waals surface area contributed by atoms with E-state index in [9.17, 15) is 0 Å². The van der Waals surface area contributed by atoms with E-state index >= 15 is 0 Å². The largest absolute Gasteiger partial charge is 0.158 e. The van der Waals surface area contributed by atoms with Gasteiger partial charge in [0, 0.05) is 5.25 Å². The fourth-order valence-corrected chi connectivity index (χ4v) is 3.14. The maximum Gasteiger partial charge on any atom is 0.00726 e. The van der Waals surface area contributed by atoms with Crippen LogP contribution in [0.2, 0.25) is 0 Å². The first-order valence-corrected chi connectivity index (χ1v) is 7.01. The number of rotatable bonds is 3. The fourth-order valence-electron chi connectivity index (χ4n) is 1.80. The topological polar surface area (TPSA) is 0 Å². The third-order valence-corrected chi connectivity index (χ3v) is 4.34. The van der Waals surface area contributed by atoms with E-state index in [0.29, 0.717) is 0 Å². The van der Waals surface area contributed by atoms with Crippen molar-refractivity contribution in [2.45, 2.75) is 65.0 Å². The van der Waals surface area contributed by atoms with Gasteiger partial charge in [-0.15, -0.1) is 0 Å². The highest BCUT2D eigenvalue weighted by molar-refractivity contribution is 7.99. The summed E-state index contributed by atoms with van der Waals surface area (Å²) in [5.74, 6) is 2.36. The van der Waals surface area contributed by atoms with Crippen LogP contribution >= 0.6 is 11.8 Å². The van der Waals surface area contributed by atoms with Gasteiger partial charge in [-0.2, -0.15) is 11.8 Å². The van der Waals surface area contributed by atoms with E-state index in [1.165, 1.54) is 37.9 Å². The van der Waals surface area contributed by atoms with Crippen molar-refractivity contribution in [1.82, 2.24) is 0 Å². The molecular weight excluding hydrogens is 176 g/mol. The molecule has 2 atom stereocenters. The van der Waals surface area contributed by atoms with Gasteiger partial charge in [0.25, 0.3) is 0 Å². The third kappa shape index (κ3) is 5.61. The number of hydrogen-bond acceptors (Lipinski definition) is 1. The van der Waals surface area contributed by atoms with Crippen molar-refractivity contribution in [3.05, 3.63) is 0 Å². The Morgan fingerprint density at radius 2 is 1.77 bits per heavy atom. The van der Waals surface area contributed by atoms with E-state index in [-0.39, 0.29) is 0 Å². The predicted octanol–water partition coefficient (Wildman–Crippen LogP) is 4.73. The van der Waals surface area contributed by atoms with Crippen LogP contribution in [0.15, 0.2) is 0 Å². The molecule has 0 aromatic heterocycles. The first kappa shape index (κ1) is 13.4. The van der Waals surface area contributed by atoms with E-state index in [1.54, 1.807) is 0 Å². The quantitative estimate of drug-likeness (QED) is 0.637. The standard InChI is InChI=1S/C10H20S.C2H6/c1-3-8-11-10-7-5-4-6-9(10)2;1-2/h9-10H,3-8H2,1-2H3;1-2H3. The smallest absolute Gasteiger partial charge is 0.00726 e. The molecule has 0 spiro atoms. The van der Waals surface area contributed by atoms with E-state index in [4.69, 9.17) is 0 Å². The molecule has 0 N–H and O–H groups in total. The van der Waals surface area contributed by atoms with Gasteiger partial charge in [-0.3, -0.25) is 0 Å². The van der Waals surface area contributed by atoms with Gasteiger partial charge in [-0.25, -0.2) is 0 Å². The average molecular weight is 202 g/mol. The van der Waals surface area contributed by atoms with Gasteiger partial charge in [0.2, 0.25) is 0 Å². The van der Waals surface area contributed by atoms with Crippen molar-refractivity contribution in [2.24, 2.45) is 5.92 Å². The zero-order valence-electron chi connectivity index (χ0n) is 9.81. The summed E-state index contributed by atoms with van der Waals surface area (Å²) in [7, 11) is 0. The SMILES string of the molecule is CC.CCCSC1CCCCC1C. The van der Waals surface area contributed by atoms with Gasteiger partial charge < -0.3 is 0 Å². The fraction of sp³-hybridized carbons (Fsp3) is 1.00. The lowest BCUT2D eigenvalue weighted by Gasteiger charge is -2.27. The Bertz CT molecular complexity index is 101. The van der Waals surface area contributed by atoms with E-state index in [2.05, 4.69) is 25.6 Å². The minimum Gasteiger partial charge on any atom is -0.158 e. The van der Waals surface area contributed by atoms with Crippen LogP contribution in [0.4, 0.5) is 0 Å². The van der Waals surface area contributed by atoms with Crippen molar-refractivity contribution in [1.29, 1.82) is 0 Å². The lowest BCUT2D eigenvalue weighted by Crippen LogP contribution is -2.19. The molecule has 1 fully saturated rings. The first-order chi connectivity index (χ1) is 6.34. The molecule has 0 aliphatic heterocycles. The van der Waals surface area contributed by atoms with Gasteiger partial charge in [-0.1, -0.05) is 40.5 Å². The summed E-state index contributed by atoms with van der Waals surface area (Å²) in [6.45, 7) is 8.70. The molecule has 13 heavy (non-hydrogen) atoms. The van der Waals surface area contributed by atoms with Crippen LogP contribution in [-0.2, 0) is 0 Å². The molecule has 1 rings (SSSR count). The lowest BCUT2D eigenvalue weighted by atomic mass is 9.90. The van der Waals surface area contributed by atoms with Gasteiger partial charge in [-0.05, 0) is 30.9 Å². The summed E-state index contributed by atoms with van der Waals surface area (Å²) >= 11 is 2.21. The molecule has 0 heterocycles. The van der Waals surface area contributed by atoms with Crippen LogP contribution < -0.4 is 0 Å². The highest BCUT2D eigenvalue weighted by Crippen LogP contribution is 2.33. The van der Waals surface area contributed by atoms with E-state index in [1.807, 2.05) is 13.8 Å².